The standard InChI is InChI=1S/C14H19NO4S/c1-19-8-7-12(14(17)18)15-13(16)11-5-3-10(4-6-11)9-20-2/h3-6,12H,7-9H2,1-2H3,(H,15,16)(H,17,18). The van der Waals surface area contributed by atoms with Gasteiger partial charge in [-0.15, -0.1) is 0 Å². The van der Waals surface area contributed by atoms with Crippen LogP contribution < -0.4 is 5.32 Å². The summed E-state index contributed by atoms with van der Waals surface area (Å²) in [6, 6.07) is 6.21. The minimum absolute atomic E-state index is 0.238. The van der Waals surface area contributed by atoms with Crippen LogP contribution in [-0.2, 0) is 15.3 Å². The summed E-state index contributed by atoms with van der Waals surface area (Å²) in [6.07, 6.45) is 2.25. The molecule has 0 radical (unpaired) electrons. The Morgan fingerprint density at radius 1 is 1.35 bits per heavy atom. The SMILES string of the molecule is COCCC(NC(=O)c1ccc(CSC)cc1)C(=O)O. The van der Waals surface area contributed by atoms with Crippen molar-refractivity contribution in [2.45, 2.75) is 18.2 Å². The molecule has 5 nitrogen and oxygen atoms in total. The molecule has 20 heavy (non-hydrogen) atoms. The molecule has 1 aromatic carbocycles. The van der Waals surface area contributed by atoms with Gasteiger partial charge in [0.2, 0.25) is 0 Å². The minimum Gasteiger partial charge on any atom is -0.480 e. The van der Waals surface area contributed by atoms with E-state index in [1.807, 2.05) is 18.4 Å². The van der Waals surface area contributed by atoms with Gasteiger partial charge in [-0.2, -0.15) is 11.8 Å². The normalized spacial score (nSPS) is 11.9. The fraction of sp³-hybridized carbons (Fsp3) is 0.429. The van der Waals surface area contributed by atoms with Crippen molar-refractivity contribution in [3.8, 4) is 0 Å². The minimum atomic E-state index is -1.06. The number of rotatable bonds is 8. The third-order valence-corrected chi connectivity index (χ3v) is 3.36. The average molecular weight is 297 g/mol. The van der Waals surface area contributed by atoms with Crippen LogP contribution in [0.15, 0.2) is 24.3 Å². The quantitative estimate of drug-likeness (QED) is 0.765. The van der Waals surface area contributed by atoms with Crippen LogP contribution in [0.2, 0.25) is 0 Å². The smallest absolute Gasteiger partial charge is 0.326 e. The molecule has 1 unspecified atom stereocenters. The second-order valence-corrected chi connectivity index (χ2v) is 5.14. The van der Waals surface area contributed by atoms with E-state index >= 15 is 0 Å². The summed E-state index contributed by atoms with van der Waals surface area (Å²) in [6.45, 7) is 0.282. The average Bonchev–Trinajstić information content (AvgIpc) is 2.44. The van der Waals surface area contributed by atoms with E-state index in [-0.39, 0.29) is 18.9 Å². The van der Waals surface area contributed by atoms with Gasteiger partial charge in [0.1, 0.15) is 6.04 Å². The summed E-state index contributed by atoms with van der Waals surface area (Å²) >= 11 is 1.70. The molecule has 110 valence electrons. The molecular formula is C14H19NO4S. The van der Waals surface area contributed by atoms with Crippen LogP contribution in [0.5, 0.6) is 0 Å². The molecule has 0 bridgehead atoms. The van der Waals surface area contributed by atoms with E-state index in [1.165, 1.54) is 7.11 Å². The van der Waals surface area contributed by atoms with Gasteiger partial charge in [0, 0.05) is 31.5 Å². The highest BCUT2D eigenvalue weighted by molar-refractivity contribution is 7.97. The summed E-state index contributed by atoms with van der Waals surface area (Å²) in [5, 5.41) is 11.5. The number of ether oxygens (including phenoxy) is 1. The number of amides is 1. The molecule has 0 heterocycles. The van der Waals surface area contributed by atoms with Gasteiger partial charge in [0.05, 0.1) is 0 Å². The number of carbonyl (C=O) groups is 2. The number of nitrogens with one attached hydrogen (secondary N) is 1. The summed E-state index contributed by atoms with van der Waals surface area (Å²) in [7, 11) is 1.49. The Labute approximate surface area is 122 Å². The molecule has 0 spiro atoms. The number of aliphatic carboxylic acids is 1. The van der Waals surface area contributed by atoms with Crippen LogP contribution in [-0.4, -0.2) is 43.0 Å². The van der Waals surface area contributed by atoms with Gasteiger partial charge in [-0.25, -0.2) is 4.79 Å². The van der Waals surface area contributed by atoms with E-state index in [9.17, 15) is 9.59 Å². The first kappa shape index (κ1) is 16.5. The highest BCUT2D eigenvalue weighted by Crippen LogP contribution is 2.10. The van der Waals surface area contributed by atoms with Crippen LogP contribution in [0, 0.1) is 0 Å². The number of methoxy groups -OCH3 is 1. The molecule has 0 fully saturated rings. The summed E-state index contributed by atoms with van der Waals surface area (Å²) < 4.78 is 4.84. The van der Waals surface area contributed by atoms with Crippen LogP contribution in [0.25, 0.3) is 0 Å². The zero-order chi connectivity index (χ0) is 15.0. The Morgan fingerprint density at radius 2 is 2.00 bits per heavy atom. The monoisotopic (exact) mass is 297 g/mol. The van der Waals surface area contributed by atoms with Crippen molar-refractivity contribution in [1.29, 1.82) is 0 Å². The number of benzene rings is 1. The van der Waals surface area contributed by atoms with Crippen LogP contribution in [0.4, 0.5) is 0 Å². The van der Waals surface area contributed by atoms with Crippen molar-refractivity contribution >= 4 is 23.6 Å². The first-order valence-corrected chi connectivity index (χ1v) is 7.58. The maximum absolute atomic E-state index is 12.0. The van der Waals surface area contributed by atoms with Crippen molar-refractivity contribution in [3.05, 3.63) is 35.4 Å². The number of hydrogen-bond acceptors (Lipinski definition) is 4. The van der Waals surface area contributed by atoms with Gasteiger partial charge in [-0.1, -0.05) is 12.1 Å². The molecular weight excluding hydrogens is 278 g/mol. The Kier molecular flexibility index (Phi) is 7.11. The van der Waals surface area contributed by atoms with Gasteiger partial charge in [0.25, 0.3) is 5.91 Å². The molecule has 1 aromatic rings. The van der Waals surface area contributed by atoms with E-state index in [1.54, 1.807) is 23.9 Å². The third-order valence-electron chi connectivity index (χ3n) is 2.74. The molecule has 0 aliphatic heterocycles. The Morgan fingerprint density at radius 3 is 2.50 bits per heavy atom. The number of carboxylic acid groups (broad SMARTS) is 1. The van der Waals surface area contributed by atoms with E-state index in [0.717, 1.165) is 11.3 Å². The maximum atomic E-state index is 12.0. The fourth-order valence-electron chi connectivity index (χ4n) is 1.65. The zero-order valence-corrected chi connectivity index (χ0v) is 12.4. The fourth-order valence-corrected chi connectivity index (χ4v) is 2.18. The van der Waals surface area contributed by atoms with E-state index in [4.69, 9.17) is 9.84 Å². The third kappa shape index (κ3) is 5.22. The van der Waals surface area contributed by atoms with Crippen LogP contribution in [0.1, 0.15) is 22.3 Å². The van der Waals surface area contributed by atoms with Crippen molar-refractivity contribution in [2.75, 3.05) is 20.0 Å². The second kappa shape index (κ2) is 8.60. The number of hydrogen-bond donors (Lipinski definition) is 2. The first-order chi connectivity index (χ1) is 9.58. The van der Waals surface area contributed by atoms with Crippen molar-refractivity contribution < 1.29 is 19.4 Å². The second-order valence-electron chi connectivity index (χ2n) is 4.28. The summed E-state index contributed by atoms with van der Waals surface area (Å²) in [5.74, 6) is -0.563. The predicted molar refractivity (Wildman–Crippen MR) is 79.0 cm³/mol. The number of carbonyl (C=O) groups excluding carboxylic acids is 1. The van der Waals surface area contributed by atoms with Gasteiger partial charge in [-0.3, -0.25) is 4.79 Å². The topological polar surface area (TPSA) is 75.6 Å². The number of carboxylic acids is 1. The van der Waals surface area contributed by atoms with E-state index in [2.05, 4.69) is 5.32 Å². The Hall–Kier alpha value is -1.53. The van der Waals surface area contributed by atoms with E-state index < -0.39 is 12.0 Å². The summed E-state index contributed by atoms with van der Waals surface area (Å²) in [5.41, 5.74) is 1.58. The highest BCUT2D eigenvalue weighted by Gasteiger charge is 2.20. The van der Waals surface area contributed by atoms with Crippen molar-refractivity contribution in [2.24, 2.45) is 0 Å². The van der Waals surface area contributed by atoms with Gasteiger partial charge in [-0.05, 0) is 24.0 Å². The Bertz CT molecular complexity index is 447. The van der Waals surface area contributed by atoms with Gasteiger partial charge < -0.3 is 15.2 Å². The molecule has 2 N–H and O–H groups in total. The van der Waals surface area contributed by atoms with Gasteiger partial charge >= 0.3 is 5.97 Å². The molecule has 1 rings (SSSR count). The Balaban J connectivity index is 2.65. The van der Waals surface area contributed by atoms with Crippen molar-refractivity contribution in [3.63, 3.8) is 0 Å². The molecule has 0 aliphatic carbocycles. The highest BCUT2D eigenvalue weighted by atomic mass is 32.2. The molecule has 0 aliphatic rings. The van der Waals surface area contributed by atoms with Crippen LogP contribution >= 0.6 is 11.8 Å². The van der Waals surface area contributed by atoms with E-state index in [0.29, 0.717) is 5.56 Å². The first-order valence-electron chi connectivity index (χ1n) is 6.19. The van der Waals surface area contributed by atoms with Gasteiger partial charge in [0.15, 0.2) is 0 Å². The molecule has 0 saturated heterocycles. The maximum Gasteiger partial charge on any atom is 0.326 e. The lowest BCUT2D eigenvalue weighted by atomic mass is 10.1. The molecule has 6 heteroatoms. The predicted octanol–water partition coefficient (Wildman–Crippen LogP) is 1.77. The zero-order valence-electron chi connectivity index (χ0n) is 11.6. The van der Waals surface area contributed by atoms with Crippen LogP contribution in [0.3, 0.4) is 0 Å². The lowest BCUT2D eigenvalue weighted by Gasteiger charge is -2.14. The lowest BCUT2D eigenvalue weighted by molar-refractivity contribution is -0.139. The number of thioether (sulfide) groups is 1. The molecule has 0 aromatic heterocycles. The lowest BCUT2D eigenvalue weighted by Crippen LogP contribution is -2.41. The van der Waals surface area contributed by atoms with Crippen molar-refractivity contribution in [1.82, 2.24) is 5.32 Å². The molecule has 1 atom stereocenters. The largest absolute Gasteiger partial charge is 0.480 e. The summed E-state index contributed by atoms with van der Waals surface area (Å²) in [4.78, 5) is 23.0. The molecule has 1 amide bonds. The molecule has 0 saturated carbocycles.